The predicted octanol–water partition coefficient (Wildman–Crippen LogP) is 5.30. The standard InChI is InChI=1S/C26H22ClFN2O4/c1-32-22-8-7-19(25(13-22)33-2)15-30-26(31)20(14-29)10-17-6-9-24(23(27)12-17)34-16-18-4-3-5-21(28)11-18/h3-13H,15-16H2,1-2H3,(H,30,31)/b20-10+. The fourth-order valence-corrected chi connectivity index (χ4v) is 3.34. The largest absolute Gasteiger partial charge is 0.497 e. The normalized spacial score (nSPS) is 10.9. The van der Waals surface area contributed by atoms with Crippen LogP contribution in [0.5, 0.6) is 17.2 Å². The Morgan fingerprint density at radius 1 is 1.09 bits per heavy atom. The molecule has 0 radical (unpaired) electrons. The van der Waals surface area contributed by atoms with Crippen LogP contribution < -0.4 is 19.5 Å². The lowest BCUT2D eigenvalue weighted by Gasteiger charge is -2.11. The Morgan fingerprint density at radius 3 is 2.59 bits per heavy atom. The van der Waals surface area contributed by atoms with Crippen LogP contribution in [0.1, 0.15) is 16.7 Å². The maximum absolute atomic E-state index is 13.3. The number of benzene rings is 3. The van der Waals surface area contributed by atoms with Gasteiger partial charge in [-0.15, -0.1) is 0 Å². The quantitative estimate of drug-likeness (QED) is 0.332. The second kappa shape index (κ2) is 11.7. The summed E-state index contributed by atoms with van der Waals surface area (Å²) in [4.78, 5) is 12.6. The van der Waals surface area contributed by atoms with Crippen LogP contribution in [0, 0.1) is 17.1 Å². The molecule has 3 rings (SSSR count). The molecule has 0 spiro atoms. The third kappa shape index (κ3) is 6.50. The number of hydrogen-bond acceptors (Lipinski definition) is 5. The van der Waals surface area contributed by atoms with Gasteiger partial charge in [-0.2, -0.15) is 5.26 Å². The molecule has 0 heterocycles. The van der Waals surface area contributed by atoms with Crippen molar-refractivity contribution in [1.82, 2.24) is 5.32 Å². The average molecular weight is 481 g/mol. The zero-order valence-corrected chi connectivity index (χ0v) is 19.4. The van der Waals surface area contributed by atoms with Crippen LogP contribution in [0.2, 0.25) is 5.02 Å². The SMILES string of the molecule is COc1ccc(CNC(=O)/C(C#N)=C/c2ccc(OCc3cccc(F)c3)c(Cl)c2)c(OC)c1. The summed E-state index contributed by atoms with van der Waals surface area (Å²) in [7, 11) is 3.07. The fraction of sp³-hybridized carbons (Fsp3) is 0.154. The van der Waals surface area contributed by atoms with Crippen molar-refractivity contribution >= 4 is 23.6 Å². The van der Waals surface area contributed by atoms with E-state index < -0.39 is 5.91 Å². The predicted molar refractivity (Wildman–Crippen MR) is 127 cm³/mol. The van der Waals surface area contributed by atoms with Crippen LogP contribution in [0.4, 0.5) is 4.39 Å². The van der Waals surface area contributed by atoms with E-state index in [1.807, 2.05) is 6.07 Å². The van der Waals surface area contributed by atoms with Gasteiger partial charge in [-0.05, 0) is 53.6 Å². The van der Waals surface area contributed by atoms with Crippen molar-refractivity contribution in [3.8, 4) is 23.3 Å². The molecule has 0 aliphatic heterocycles. The van der Waals surface area contributed by atoms with Gasteiger partial charge in [-0.3, -0.25) is 4.79 Å². The van der Waals surface area contributed by atoms with Crippen molar-refractivity contribution in [1.29, 1.82) is 5.26 Å². The number of carbonyl (C=O) groups is 1. The first-order valence-electron chi connectivity index (χ1n) is 10.2. The number of ether oxygens (including phenoxy) is 3. The van der Waals surface area contributed by atoms with Gasteiger partial charge in [-0.1, -0.05) is 29.8 Å². The number of amides is 1. The smallest absolute Gasteiger partial charge is 0.262 e. The molecule has 1 N–H and O–H groups in total. The first-order chi connectivity index (χ1) is 16.4. The Morgan fingerprint density at radius 2 is 1.91 bits per heavy atom. The van der Waals surface area contributed by atoms with Crippen LogP contribution in [0.25, 0.3) is 6.08 Å². The van der Waals surface area contributed by atoms with Gasteiger partial charge in [0.1, 0.15) is 41.3 Å². The van der Waals surface area contributed by atoms with Gasteiger partial charge < -0.3 is 19.5 Å². The van der Waals surface area contributed by atoms with E-state index in [1.54, 1.807) is 55.6 Å². The number of hydrogen-bond donors (Lipinski definition) is 1. The summed E-state index contributed by atoms with van der Waals surface area (Å²) in [6.45, 7) is 0.311. The van der Waals surface area contributed by atoms with E-state index in [0.29, 0.717) is 33.4 Å². The number of nitrogens with one attached hydrogen (secondary N) is 1. The van der Waals surface area contributed by atoms with Crippen molar-refractivity contribution in [2.75, 3.05) is 14.2 Å². The Labute approximate surface area is 202 Å². The molecule has 6 nitrogen and oxygen atoms in total. The first kappa shape index (κ1) is 24.6. The van der Waals surface area contributed by atoms with Gasteiger partial charge in [-0.25, -0.2) is 4.39 Å². The average Bonchev–Trinajstić information content (AvgIpc) is 2.85. The summed E-state index contributed by atoms with van der Waals surface area (Å²) in [5, 5.41) is 12.5. The van der Waals surface area contributed by atoms with E-state index in [4.69, 9.17) is 25.8 Å². The Bertz CT molecular complexity index is 1250. The number of methoxy groups -OCH3 is 2. The molecule has 174 valence electrons. The Kier molecular flexibility index (Phi) is 8.49. The molecule has 1 amide bonds. The van der Waals surface area contributed by atoms with E-state index in [2.05, 4.69) is 5.32 Å². The van der Waals surface area contributed by atoms with Gasteiger partial charge in [0.25, 0.3) is 5.91 Å². The van der Waals surface area contributed by atoms with Gasteiger partial charge in [0.15, 0.2) is 0 Å². The molecule has 0 aliphatic rings. The molecule has 0 saturated heterocycles. The summed E-state index contributed by atoms with van der Waals surface area (Å²) in [6.07, 6.45) is 1.43. The van der Waals surface area contributed by atoms with Crippen molar-refractivity contribution in [3.05, 3.63) is 93.8 Å². The highest BCUT2D eigenvalue weighted by molar-refractivity contribution is 6.32. The van der Waals surface area contributed by atoms with Crippen molar-refractivity contribution in [2.45, 2.75) is 13.2 Å². The van der Waals surface area contributed by atoms with Crippen LogP contribution >= 0.6 is 11.6 Å². The second-order valence-corrected chi connectivity index (χ2v) is 7.55. The molecule has 0 unspecified atom stereocenters. The minimum absolute atomic E-state index is 0.0861. The lowest BCUT2D eigenvalue weighted by atomic mass is 10.1. The lowest BCUT2D eigenvalue weighted by molar-refractivity contribution is -0.117. The number of carbonyl (C=O) groups excluding carboxylic acids is 1. The molecule has 34 heavy (non-hydrogen) atoms. The van der Waals surface area contributed by atoms with Gasteiger partial charge >= 0.3 is 0 Å². The van der Waals surface area contributed by atoms with E-state index in [-0.39, 0.29) is 24.5 Å². The minimum Gasteiger partial charge on any atom is -0.497 e. The summed E-state index contributed by atoms with van der Waals surface area (Å²) < 4.78 is 29.5. The van der Waals surface area contributed by atoms with Crippen molar-refractivity contribution in [3.63, 3.8) is 0 Å². The fourth-order valence-electron chi connectivity index (χ4n) is 3.10. The molecule has 0 bridgehead atoms. The summed E-state index contributed by atoms with van der Waals surface area (Å²) in [5.74, 6) is 0.702. The minimum atomic E-state index is -0.539. The Hall–Kier alpha value is -4.02. The summed E-state index contributed by atoms with van der Waals surface area (Å²) >= 11 is 6.30. The third-order valence-corrected chi connectivity index (χ3v) is 5.14. The van der Waals surface area contributed by atoms with Gasteiger partial charge in [0, 0.05) is 18.2 Å². The molecule has 0 atom stereocenters. The van der Waals surface area contributed by atoms with E-state index in [0.717, 1.165) is 5.56 Å². The summed E-state index contributed by atoms with van der Waals surface area (Å²) in [5.41, 5.74) is 1.86. The molecular weight excluding hydrogens is 459 g/mol. The zero-order valence-electron chi connectivity index (χ0n) is 18.6. The molecular formula is C26H22ClFN2O4. The molecule has 0 aliphatic carbocycles. The molecule has 0 aromatic heterocycles. The van der Waals surface area contributed by atoms with Gasteiger partial charge in [0.2, 0.25) is 0 Å². The van der Waals surface area contributed by atoms with Crippen molar-refractivity contribution in [2.24, 2.45) is 0 Å². The van der Waals surface area contributed by atoms with Crippen LogP contribution in [0.3, 0.4) is 0 Å². The molecule has 3 aromatic carbocycles. The number of nitrogens with zero attached hydrogens (tertiary/aromatic N) is 1. The Balaban J connectivity index is 1.66. The number of nitriles is 1. The maximum Gasteiger partial charge on any atom is 0.262 e. The zero-order chi connectivity index (χ0) is 24.5. The second-order valence-electron chi connectivity index (χ2n) is 7.14. The monoisotopic (exact) mass is 480 g/mol. The van der Waals surface area contributed by atoms with E-state index in [1.165, 1.54) is 25.3 Å². The molecule has 3 aromatic rings. The first-order valence-corrected chi connectivity index (χ1v) is 10.6. The molecule has 8 heteroatoms. The highest BCUT2D eigenvalue weighted by atomic mass is 35.5. The van der Waals surface area contributed by atoms with Crippen molar-refractivity contribution < 1.29 is 23.4 Å². The topological polar surface area (TPSA) is 80.6 Å². The third-order valence-electron chi connectivity index (χ3n) is 4.85. The van der Waals surface area contributed by atoms with Crippen LogP contribution in [-0.4, -0.2) is 20.1 Å². The summed E-state index contributed by atoms with van der Waals surface area (Å²) in [6, 6.07) is 18.1. The molecule has 0 fully saturated rings. The highest BCUT2D eigenvalue weighted by Crippen LogP contribution is 2.28. The maximum atomic E-state index is 13.3. The van der Waals surface area contributed by atoms with Crippen LogP contribution in [0.15, 0.2) is 66.2 Å². The number of rotatable bonds is 9. The van der Waals surface area contributed by atoms with Gasteiger partial charge in [0.05, 0.1) is 19.2 Å². The highest BCUT2D eigenvalue weighted by Gasteiger charge is 2.12. The number of halogens is 2. The van der Waals surface area contributed by atoms with E-state index in [9.17, 15) is 14.4 Å². The molecule has 0 saturated carbocycles. The van der Waals surface area contributed by atoms with E-state index >= 15 is 0 Å². The van der Waals surface area contributed by atoms with Crippen LogP contribution in [-0.2, 0) is 17.9 Å². The lowest BCUT2D eigenvalue weighted by Crippen LogP contribution is -2.24.